The summed E-state index contributed by atoms with van der Waals surface area (Å²) in [7, 11) is 3.04. The first-order chi connectivity index (χ1) is 12.0. The van der Waals surface area contributed by atoms with Crippen LogP contribution in [0, 0.1) is 6.92 Å². The number of rotatable bonds is 6. The molecule has 0 spiro atoms. The number of esters is 1. The molecule has 0 radical (unpaired) electrons. The second-order valence-corrected chi connectivity index (χ2v) is 5.42. The summed E-state index contributed by atoms with van der Waals surface area (Å²) in [6.45, 7) is 3.38. The van der Waals surface area contributed by atoms with E-state index in [0.29, 0.717) is 22.7 Å². The molecule has 25 heavy (non-hydrogen) atoms. The largest absolute Gasteiger partial charge is 0.496 e. The normalized spacial score (nSPS) is 11.4. The van der Waals surface area contributed by atoms with Gasteiger partial charge in [0.05, 0.1) is 25.5 Å². The quantitative estimate of drug-likeness (QED) is 0.816. The van der Waals surface area contributed by atoms with Crippen LogP contribution in [0.5, 0.6) is 11.5 Å². The highest BCUT2D eigenvalue weighted by Gasteiger charge is 2.20. The van der Waals surface area contributed by atoms with Crippen LogP contribution < -0.4 is 14.8 Å². The van der Waals surface area contributed by atoms with Gasteiger partial charge in [-0.2, -0.15) is 0 Å². The molecule has 0 aromatic heterocycles. The van der Waals surface area contributed by atoms with Crippen LogP contribution in [0.25, 0.3) is 0 Å². The van der Waals surface area contributed by atoms with Gasteiger partial charge < -0.3 is 19.5 Å². The lowest BCUT2D eigenvalue weighted by atomic mass is 10.1. The van der Waals surface area contributed by atoms with Crippen molar-refractivity contribution in [3.63, 3.8) is 0 Å². The molecule has 6 nitrogen and oxygen atoms in total. The van der Waals surface area contributed by atoms with Gasteiger partial charge in [0.15, 0.2) is 6.10 Å². The third-order valence-corrected chi connectivity index (χ3v) is 3.66. The monoisotopic (exact) mass is 343 g/mol. The second kappa shape index (κ2) is 8.19. The Hall–Kier alpha value is -3.02. The average Bonchev–Trinajstić information content (AvgIpc) is 2.62. The van der Waals surface area contributed by atoms with Gasteiger partial charge in [-0.05, 0) is 43.7 Å². The summed E-state index contributed by atoms with van der Waals surface area (Å²) in [6, 6.07) is 12.0. The van der Waals surface area contributed by atoms with E-state index in [4.69, 9.17) is 14.2 Å². The van der Waals surface area contributed by atoms with Crippen LogP contribution in [-0.2, 0) is 9.53 Å². The van der Waals surface area contributed by atoms with E-state index >= 15 is 0 Å². The Bertz CT molecular complexity index is 772. The molecular formula is C19H21NO5. The molecule has 1 atom stereocenters. The van der Waals surface area contributed by atoms with E-state index in [0.717, 1.165) is 5.56 Å². The zero-order valence-corrected chi connectivity index (χ0v) is 14.7. The topological polar surface area (TPSA) is 73.9 Å². The van der Waals surface area contributed by atoms with Gasteiger partial charge in [0.1, 0.15) is 11.5 Å². The maximum Gasteiger partial charge on any atom is 0.339 e. The number of hydrogen-bond acceptors (Lipinski definition) is 5. The first-order valence-corrected chi connectivity index (χ1v) is 7.75. The number of carbonyl (C=O) groups excluding carboxylic acids is 2. The number of amides is 1. The average molecular weight is 343 g/mol. The molecular weight excluding hydrogens is 322 g/mol. The van der Waals surface area contributed by atoms with Crippen molar-refractivity contribution in [1.82, 2.24) is 0 Å². The number of ether oxygens (including phenoxy) is 3. The van der Waals surface area contributed by atoms with Crippen LogP contribution in [0.15, 0.2) is 42.5 Å². The Morgan fingerprint density at radius 1 is 1.00 bits per heavy atom. The minimum Gasteiger partial charge on any atom is -0.496 e. The van der Waals surface area contributed by atoms with Crippen molar-refractivity contribution in [3.05, 3.63) is 53.6 Å². The third-order valence-electron chi connectivity index (χ3n) is 3.66. The highest BCUT2D eigenvalue weighted by molar-refractivity contribution is 5.98. The molecule has 2 rings (SSSR count). The van der Waals surface area contributed by atoms with Crippen molar-refractivity contribution in [2.45, 2.75) is 20.0 Å². The molecule has 0 aliphatic carbocycles. The maximum atomic E-state index is 12.3. The van der Waals surface area contributed by atoms with Gasteiger partial charge in [-0.25, -0.2) is 4.79 Å². The fourth-order valence-corrected chi connectivity index (χ4v) is 2.21. The van der Waals surface area contributed by atoms with Gasteiger partial charge >= 0.3 is 5.97 Å². The van der Waals surface area contributed by atoms with Gasteiger partial charge in [-0.3, -0.25) is 4.79 Å². The van der Waals surface area contributed by atoms with Crippen molar-refractivity contribution >= 4 is 17.6 Å². The first-order valence-electron chi connectivity index (χ1n) is 7.75. The number of hydrogen-bond donors (Lipinski definition) is 1. The Morgan fingerprint density at radius 2 is 1.68 bits per heavy atom. The van der Waals surface area contributed by atoms with E-state index in [-0.39, 0.29) is 0 Å². The standard InChI is InChI=1S/C19H21NO5/c1-12-9-10-14(11-17(12)24-4)19(22)25-13(2)18(21)20-15-7-5-6-8-16(15)23-3/h5-11,13H,1-4H3,(H,20,21). The zero-order valence-electron chi connectivity index (χ0n) is 14.7. The number of nitrogens with one attached hydrogen (secondary N) is 1. The summed E-state index contributed by atoms with van der Waals surface area (Å²) in [5, 5.41) is 2.68. The van der Waals surface area contributed by atoms with Gasteiger partial charge in [0.2, 0.25) is 0 Å². The summed E-state index contributed by atoms with van der Waals surface area (Å²) < 4.78 is 15.6. The van der Waals surface area contributed by atoms with Crippen molar-refractivity contribution < 1.29 is 23.8 Å². The molecule has 1 amide bonds. The lowest BCUT2D eigenvalue weighted by Gasteiger charge is -2.15. The van der Waals surface area contributed by atoms with E-state index in [9.17, 15) is 9.59 Å². The van der Waals surface area contributed by atoms with Gasteiger partial charge in [0.25, 0.3) is 5.91 Å². The summed E-state index contributed by atoms with van der Waals surface area (Å²) in [5.74, 6) is 0.0659. The van der Waals surface area contributed by atoms with Crippen molar-refractivity contribution in [3.8, 4) is 11.5 Å². The summed E-state index contributed by atoms with van der Waals surface area (Å²) in [4.78, 5) is 24.5. The van der Waals surface area contributed by atoms with Crippen LogP contribution in [0.1, 0.15) is 22.8 Å². The minimum atomic E-state index is -0.968. The van der Waals surface area contributed by atoms with E-state index in [1.165, 1.54) is 21.1 Å². The van der Waals surface area contributed by atoms with Gasteiger partial charge in [-0.15, -0.1) is 0 Å². The fraction of sp³-hybridized carbons (Fsp3) is 0.263. The molecule has 0 saturated heterocycles. The van der Waals surface area contributed by atoms with Crippen molar-refractivity contribution in [2.75, 3.05) is 19.5 Å². The second-order valence-electron chi connectivity index (χ2n) is 5.42. The first kappa shape index (κ1) is 18.3. The van der Waals surface area contributed by atoms with Crippen LogP contribution in [0.2, 0.25) is 0 Å². The summed E-state index contributed by atoms with van der Waals surface area (Å²) >= 11 is 0. The van der Waals surface area contributed by atoms with E-state index in [1.807, 2.05) is 6.92 Å². The minimum absolute atomic E-state index is 0.319. The number of methoxy groups -OCH3 is 2. The molecule has 2 aromatic carbocycles. The molecule has 0 bridgehead atoms. The van der Waals surface area contributed by atoms with E-state index in [2.05, 4.69) is 5.32 Å². The number of anilines is 1. The molecule has 0 aliphatic heterocycles. The van der Waals surface area contributed by atoms with E-state index < -0.39 is 18.0 Å². The van der Waals surface area contributed by atoms with Gasteiger partial charge in [-0.1, -0.05) is 18.2 Å². The van der Waals surface area contributed by atoms with Crippen molar-refractivity contribution in [2.24, 2.45) is 0 Å². The number of para-hydroxylation sites is 2. The molecule has 0 fully saturated rings. The highest BCUT2D eigenvalue weighted by Crippen LogP contribution is 2.23. The lowest BCUT2D eigenvalue weighted by Crippen LogP contribution is -2.30. The fourth-order valence-electron chi connectivity index (χ4n) is 2.21. The molecule has 1 unspecified atom stereocenters. The van der Waals surface area contributed by atoms with E-state index in [1.54, 1.807) is 42.5 Å². The van der Waals surface area contributed by atoms with Crippen LogP contribution in [-0.4, -0.2) is 32.2 Å². The Labute approximate surface area is 146 Å². The number of aryl methyl sites for hydroxylation is 1. The maximum absolute atomic E-state index is 12.3. The molecule has 2 aromatic rings. The SMILES string of the molecule is COc1cc(C(=O)OC(C)C(=O)Nc2ccccc2OC)ccc1C. The van der Waals surface area contributed by atoms with Gasteiger partial charge in [0, 0.05) is 0 Å². The third kappa shape index (κ3) is 4.50. The number of benzene rings is 2. The van der Waals surface area contributed by atoms with Crippen LogP contribution in [0.4, 0.5) is 5.69 Å². The predicted molar refractivity (Wildman–Crippen MR) is 94.2 cm³/mol. The highest BCUT2D eigenvalue weighted by atomic mass is 16.5. The molecule has 0 aliphatic rings. The smallest absolute Gasteiger partial charge is 0.339 e. The lowest BCUT2D eigenvalue weighted by molar-refractivity contribution is -0.123. The molecule has 132 valence electrons. The Balaban J connectivity index is 2.04. The Morgan fingerprint density at radius 3 is 2.36 bits per heavy atom. The number of carbonyl (C=O) groups is 2. The summed E-state index contributed by atoms with van der Waals surface area (Å²) in [5.41, 5.74) is 1.73. The molecule has 0 saturated carbocycles. The zero-order chi connectivity index (χ0) is 18.4. The van der Waals surface area contributed by atoms with Crippen molar-refractivity contribution in [1.29, 1.82) is 0 Å². The van der Waals surface area contributed by atoms with Crippen LogP contribution >= 0.6 is 0 Å². The van der Waals surface area contributed by atoms with Crippen LogP contribution in [0.3, 0.4) is 0 Å². The molecule has 0 heterocycles. The molecule has 6 heteroatoms. The Kier molecular flexibility index (Phi) is 6.00. The molecule has 1 N–H and O–H groups in total. The predicted octanol–water partition coefficient (Wildman–Crippen LogP) is 3.20. The summed E-state index contributed by atoms with van der Waals surface area (Å²) in [6.07, 6.45) is -0.968.